The Balaban J connectivity index is 1.55. The lowest BCUT2D eigenvalue weighted by Crippen LogP contribution is -2.34. The quantitative estimate of drug-likeness (QED) is 0.927. The van der Waals surface area contributed by atoms with Crippen molar-refractivity contribution in [2.75, 3.05) is 23.3 Å². The molecule has 1 saturated heterocycles. The van der Waals surface area contributed by atoms with Crippen LogP contribution in [0.15, 0.2) is 12.4 Å². The number of aromatic nitrogens is 2. The van der Waals surface area contributed by atoms with E-state index in [2.05, 4.69) is 27.1 Å². The maximum atomic E-state index is 12.2. The predicted octanol–water partition coefficient (Wildman–Crippen LogP) is 2.41. The fourth-order valence-electron chi connectivity index (χ4n) is 3.20. The number of piperidine rings is 1. The molecule has 1 aliphatic carbocycles. The summed E-state index contributed by atoms with van der Waals surface area (Å²) in [6.07, 6.45) is 8.01. The van der Waals surface area contributed by atoms with Gasteiger partial charge in [0.15, 0.2) is 0 Å². The van der Waals surface area contributed by atoms with E-state index in [0.29, 0.717) is 31.4 Å². The Morgan fingerprint density at radius 2 is 1.74 bits per heavy atom. The molecule has 1 saturated carbocycles. The molecule has 1 aromatic rings. The monoisotopic (exact) mass is 316 g/mol. The number of rotatable bonds is 3. The smallest absolute Gasteiger partial charge is 0.227 e. The second-order valence-corrected chi connectivity index (χ2v) is 6.74. The molecular formula is C17H24N4O2. The van der Waals surface area contributed by atoms with Crippen molar-refractivity contribution in [3.05, 3.63) is 12.4 Å². The minimum absolute atomic E-state index is 0.0272. The van der Waals surface area contributed by atoms with Crippen LogP contribution in [0, 0.1) is 11.8 Å². The Morgan fingerprint density at radius 1 is 1.13 bits per heavy atom. The van der Waals surface area contributed by atoms with Crippen LogP contribution in [0.1, 0.15) is 45.4 Å². The zero-order valence-corrected chi connectivity index (χ0v) is 13.6. The summed E-state index contributed by atoms with van der Waals surface area (Å²) in [6, 6.07) is 0. The lowest BCUT2D eigenvalue weighted by Gasteiger charge is -2.30. The number of amides is 1. The van der Waals surface area contributed by atoms with Crippen molar-refractivity contribution in [2.45, 2.75) is 45.4 Å². The third-order valence-corrected chi connectivity index (χ3v) is 4.89. The van der Waals surface area contributed by atoms with Crippen LogP contribution in [0.25, 0.3) is 0 Å². The Morgan fingerprint density at radius 3 is 2.35 bits per heavy atom. The van der Waals surface area contributed by atoms with E-state index >= 15 is 0 Å². The summed E-state index contributed by atoms with van der Waals surface area (Å²) in [6.45, 7) is 4.25. The Kier molecular flexibility index (Phi) is 4.88. The second-order valence-electron chi connectivity index (χ2n) is 6.74. The molecule has 1 aromatic heterocycles. The van der Waals surface area contributed by atoms with E-state index in [1.165, 1.54) is 12.8 Å². The van der Waals surface area contributed by atoms with Gasteiger partial charge in [-0.2, -0.15) is 0 Å². The van der Waals surface area contributed by atoms with Gasteiger partial charge in [0.05, 0.1) is 18.1 Å². The number of anilines is 2. The van der Waals surface area contributed by atoms with Crippen LogP contribution in [0.2, 0.25) is 0 Å². The lowest BCUT2D eigenvalue weighted by atomic mass is 9.88. The zero-order valence-electron chi connectivity index (χ0n) is 13.6. The van der Waals surface area contributed by atoms with E-state index in [-0.39, 0.29) is 17.6 Å². The number of hydrogen-bond acceptors (Lipinski definition) is 5. The van der Waals surface area contributed by atoms with Crippen LogP contribution in [0.4, 0.5) is 11.6 Å². The van der Waals surface area contributed by atoms with E-state index in [0.717, 1.165) is 25.0 Å². The van der Waals surface area contributed by atoms with E-state index in [9.17, 15) is 9.59 Å². The summed E-state index contributed by atoms with van der Waals surface area (Å²) in [7, 11) is 0. The van der Waals surface area contributed by atoms with E-state index in [4.69, 9.17) is 0 Å². The maximum Gasteiger partial charge on any atom is 0.227 e. The average molecular weight is 316 g/mol. The summed E-state index contributed by atoms with van der Waals surface area (Å²) in [4.78, 5) is 34.4. The molecule has 23 heavy (non-hydrogen) atoms. The highest BCUT2D eigenvalue weighted by Crippen LogP contribution is 2.23. The molecule has 2 heterocycles. The molecule has 0 aromatic carbocycles. The third-order valence-electron chi connectivity index (χ3n) is 4.89. The van der Waals surface area contributed by atoms with Gasteiger partial charge in [-0.05, 0) is 31.6 Å². The van der Waals surface area contributed by atoms with Gasteiger partial charge in [0.25, 0.3) is 0 Å². The summed E-state index contributed by atoms with van der Waals surface area (Å²) >= 11 is 0. The standard InChI is InChI=1S/C17H24N4O2/c1-12-6-8-21(9-7-12)17-18-10-14(11-19-17)20-16(23)13-2-4-15(22)5-3-13/h10-13H,2-9H2,1H3,(H,20,23). The second kappa shape index (κ2) is 7.06. The molecule has 1 N–H and O–H groups in total. The molecule has 2 aliphatic rings. The van der Waals surface area contributed by atoms with Gasteiger partial charge in [-0.1, -0.05) is 6.92 Å². The molecule has 1 amide bonds. The van der Waals surface area contributed by atoms with Gasteiger partial charge in [-0.25, -0.2) is 9.97 Å². The summed E-state index contributed by atoms with van der Waals surface area (Å²) < 4.78 is 0. The van der Waals surface area contributed by atoms with Crippen molar-refractivity contribution in [1.29, 1.82) is 0 Å². The highest BCUT2D eigenvalue weighted by molar-refractivity contribution is 5.93. The van der Waals surface area contributed by atoms with Crippen molar-refractivity contribution in [3.63, 3.8) is 0 Å². The van der Waals surface area contributed by atoms with Gasteiger partial charge in [0.2, 0.25) is 11.9 Å². The number of ketones is 1. The number of carbonyl (C=O) groups excluding carboxylic acids is 2. The van der Waals surface area contributed by atoms with E-state index in [1.54, 1.807) is 12.4 Å². The van der Waals surface area contributed by atoms with Crippen molar-refractivity contribution in [1.82, 2.24) is 9.97 Å². The SMILES string of the molecule is CC1CCN(c2ncc(NC(=O)C3CCC(=O)CC3)cn2)CC1. The first-order valence-electron chi connectivity index (χ1n) is 8.51. The molecule has 0 radical (unpaired) electrons. The largest absolute Gasteiger partial charge is 0.341 e. The molecule has 0 bridgehead atoms. The first-order chi connectivity index (χ1) is 11.1. The highest BCUT2D eigenvalue weighted by atomic mass is 16.2. The molecule has 6 nitrogen and oxygen atoms in total. The van der Waals surface area contributed by atoms with Crippen LogP contribution in [-0.4, -0.2) is 34.7 Å². The number of Topliss-reactive ketones (excluding diaryl/α,β-unsaturated/α-hetero) is 1. The van der Waals surface area contributed by atoms with Crippen LogP contribution >= 0.6 is 0 Å². The fraction of sp³-hybridized carbons (Fsp3) is 0.647. The topological polar surface area (TPSA) is 75.2 Å². The molecule has 0 atom stereocenters. The van der Waals surface area contributed by atoms with Gasteiger partial charge in [-0.3, -0.25) is 9.59 Å². The Hall–Kier alpha value is -1.98. The van der Waals surface area contributed by atoms with E-state index < -0.39 is 0 Å². The third kappa shape index (κ3) is 4.06. The molecule has 0 unspecified atom stereocenters. The van der Waals surface area contributed by atoms with Crippen LogP contribution in [0.5, 0.6) is 0 Å². The minimum Gasteiger partial charge on any atom is -0.341 e. The molecule has 2 fully saturated rings. The summed E-state index contributed by atoms with van der Waals surface area (Å²) in [5, 5.41) is 2.87. The predicted molar refractivity (Wildman–Crippen MR) is 88.2 cm³/mol. The minimum atomic E-state index is -0.0732. The molecular weight excluding hydrogens is 292 g/mol. The van der Waals surface area contributed by atoms with Crippen molar-refractivity contribution in [3.8, 4) is 0 Å². The number of hydrogen-bond donors (Lipinski definition) is 1. The molecule has 3 rings (SSSR count). The summed E-state index contributed by atoms with van der Waals surface area (Å²) in [5.74, 6) is 1.67. The fourth-order valence-corrected chi connectivity index (χ4v) is 3.20. The lowest BCUT2D eigenvalue weighted by molar-refractivity contribution is -0.125. The van der Waals surface area contributed by atoms with Gasteiger partial charge in [0, 0.05) is 31.8 Å². The number of carbonyl (C=O) groups is 2. The molecule has 6 heteroatoms. The molecule has 124 valence electrons. The molecule has 1 aliphatic heterocycles. The van der Waals surface area contributed by atoms with Crippen LogP contribution in [-0.2, 0) is 9.59 Å². The first-order valence-corrected chi connectivity index (χ1v) is 8.51. The first kappa shape index (κ1) is 15.9. The summed E-state index contributed by atoms with van der Waals surface area (Å²) in [5.41, 5.74) is 0.626. The number of nitrogens with zero attached hydrogens (tertiary/aromatic N) is 3. The van der Waals surface area contributed by atoms with Gasteiger partial charge in [0.1, 0.15) is 5.78 Å². The normalized spacial score (nSPS) is 20.6. The van der Waals surface area contributed by atoms with Crippen LogP contribution in [0.3, 0.4) is 0 Å². The maximum absolute atomic E-state index is 12.2. The van der Waals surface area contributed by atoms with Crippen LogP contribution < -0.4 is 10.2 Å². The van der Waals surface area contributed by atoms with Crippen molar-refractivity contribution >= 4 is 23.3 Å². The molecule has 0 spiro atoms. The van der Waals surface area contributed by atoms with Gasteiger partial charge >= 0.3 is 0 Å². The van der Waals surface area contributed by atoms with Gasteiger partial charge < -0.3 is 10.2 Å². The van der Waals surface area contributed by atoms with Gasteiger partial charge in [-0.15, -0.1) is 0 Å². The highest BCUT2D eigenvalue weighted by Gasteiger charge is 2.25. The number of nitrogens with one attached hydrogen (secondary N) is 1. The average Bonchev–Trinajstić information content (AvgIpc) is 2.57. The Labute approximate surface area is 136 Å². The Bertz CT molecular complexity index is 554. The van der Waals surface area contributed by atoms with E-state index in [1.807, 2.05) is 0 Å². The van der Waals surface area contributed by atoms with Crippen molar-refractivity contribution in [2.24, 2.45) is 11.8 Å². The van der Waals surface area contributed by atoms with Crippen molar-refractivity contribution < 1.29 is 9.59 Å². The zero-order chi connectivity index (χ0) is 16.2.